The summed E-state index contributed by atoms with van der Waals surface area (Å²) in [6, 6.07) is 18.0. The molecule has 0 spiro atoms. The van der Waals surface area contributed by atoms with Gasteiger partial charge in [0.2, 0.25) is 0 Å². The van der Waals surface area contributed by atoms with Gasteiger partial charge in [0.25, 0.3) is 0 Å². The van der Waals surface area contributed by atoms with Crippen molar-refractivity contribution in [3.63, 3.8) is 0 Å². The number of nitrogens with zero attached hydrogens (tertiary/aromatic N) is 4. The molecule has 4 heteroatoms. The molecule has 2 aromatic heterocycles. The molecule has 4 aromatic rings. The fraction of sp³-hybridized carbons (Fsp3) is 0.600. The zero-order valence-corrected chi connectivity index (χ0v) is 23.1. The van der Waals surface area contributed by atoms with Gasteiger partial charge in [0.1, 0.15) is 18.3 Å². The lowest BCUT2D eigenvalue weighted by atomic mass is 9.49. The summed E-state index contributed by atoms with van der Waals surface area (Å²) in [7, 11) is 0. The minimum atomic E-state index is 0.269. The second kappa shape index (κ2) is 7.56. The van der Waals surface area contributed by atoms with Gasteiger partial charge in [-0.2, -0.15) is 0 Å². The van der Waals surface area contributed by atoms with Gasteiger partial charge in [-0.05, 0) is 137 Å². The third-order valence-electron chi connectivity index (χ3n) is 12.6. The van der Waals surface area contributed by atoms with Crippen molar-refractivity contribution in [2.45, 2.75) is 94.5 Å². The van der Waals surface area contributed by atoms with E-state index >= 15 is 0 Å². The van der Waals surface area contributed by atoms with Crippen LogP contribution in [-0.4, -0.2) is 19.1 Å². The fourth-order valence-electron chi connectivity index (χ4n) is 12.2. The molecule has 0 atom stereocenters. The molecule has 200 valence electrons. The molecule has 8 aliphatic rings. The Labute approximate surface area is 231 Å². The molecule has 8 aliphatic carbocycles. The molecule has 0 amide bonds. The summed E-state index contributed by atoms with van der Waals surface area (Å²) in [5.41, 5.74) is 5.54. The lowest BCUT2D eigenvalue weighted by Crippen LogP contribution is -2.50. The van der Waals surface area contributed by atoms with Gasteiger partial charge in [0.15, 0.2) is 0 Å². The average molecular weight is 517 g/mol. The Bertz CT molecular complexity index is 1430. The van der Waals surface area contributed by atoms with E-state index in [1.54, 1.807) is 0 Å². The predicted molar refractivity (Wildman–Crippen MR) is 155 cm³/mol. The van der Waals surface area contributed by atoms with E-state index in [4.69, 9.17) is 9.97 Å². The number of imidazole rings is 2. The molecule has 12 rings (SSSR count). The molecule has 2 heterocycles. The maximum atomic E-state index is 5.51. The maximum absolute atomic E-state index is 5.51. The summed E-state index contributed by atoms with van der Waals surface area (Å²) in [6.45, 7) is 0.856. The van der Waals surface area contributed by atoms with E-state index < -0.39 is 0 Å². The van der Waals surface area contributed by atoms with Gasteiger partial charge in [-0.15, -0.1) is 0 Å². The Morgan fingerprint density at radius 1 is 0.513 bits per heavy atom. The first-order chi connectivity index (χ1) is 19.1. The number of aromatic nitrogens is 4. The van der Waals surface area contributed by atoms with Crippen molar-refractivity contribution in [2.24, 2.45) is 35.5 Å². The summed E-state index contributed by atoms with van der Waals surface area (Å²) in [5, 5.41) is 0. The zero-order valence-electron chi connectivity index (χ0n) is 23.1. The van der Waals surface area contributed by atoms with Crippen LogP contribution in [0.25, 0.3) is 22.1 Å². The van der Waals surface area contributed by atoms with E-state index in [1.165, 1.54) is 111 Å². The van der Waals surface area contributed by atoms with Crippen LogP contribution in [0.1, 0.15) is 88.7 Å². The summed E-state index contributed by atoms with van der Waals surface area (Å²) in [6.07, 6.45) is 17.0. The Hall–Kier alpha value is -2.62. The molecule has 8 bridgehead atoms. The van der Waals surface area contributed by atoms with Crippen LogP contribution >= 0.6 is 0 Å². The molecule has 0 saturated heterocycles. The van der Waals surface area contributed by atoms with Crippen LogP contribution in [0.15, 0.2) is 48.5 Å². The lowest BCUT2D eigenvalue weighted by Gasteiger charge is -2.56. The minimum absolute atomic E-state index is 0.269. The number of hydrogen-bond acceptors (Lipinski definition) is 2. The molecule has 8 saturated carbocycles. The standard InChI is InChI=1S/C35H40N4/c1-3-7-30-28(5-1)36-32(34-15-22-9-23(16-34)11-24(10-22)17-34)38(30)21-39-31-8-4-2-6-29(31)37-33(39)35-18-25-12-26(19-35)14-27(13-25)20-35/h1-8,22-27H,9-21H2. The summed E-state index contributed by atoms with van der Waals surface area (Å²) in [5.74, 6) is 8.31. The molecule has 8 fully saturated rings. The third kappa shape index (κ3) is 3.07. The van der Waals surface area contributed by atoms with Crippen molar-refractivity contribution in [2.75, 3.05) is 0 Å². The predicted octanol–water partition coefficient (Wildman–Crippen LogP) is 7.83. The highest BCUT2D eigenvalue weighted by atomic mass is 15.2. The Kier molecular flexibility index (Phi) is 4.29. The first-order valence-electron chi connectivity index (χ1n) is 16.0. The van der Waals surface area contributed by atoms with E-state index in [0.717, 1.165) is 42.2 Å². The first-order valence-corrected chi connectivity index (χ1v) is 16.0. The highest BCUT2D eigenvalue weighted by Gasteiger charge is 2.55. The molecule has 0 unspecified atom stereocenters. The van der Waals surface area contributed by atoms with Crippen molar-refractivity contribution in [1.29, 1.82) is 0 Å². The van der Waals surface area contributed by atoms with Crippen molar-refractivity contribution < 1.29 is 0 Å². The van der Waals surface area contributed by atoms with Gasteiger partial charge >= 0.3 is 0 Å². The molecule has 0 radical (unpaired) electrons. The largest absolute Gasteiger partial charge is 0.309 e. The average Bonchev–Trinajstić information content (AvgIpc) is 3.47. The van der Waals surface area contributed by atoms with E-state index in [9.17, 15) is 0 Å². The zero-order chi connectivity index (χ0) is 25.3. The van der Waals surface area contributed by atoms with Crippen molar-refractivity contribution in [3.05, 3.63) is 60.2 Å². The summed E-state index contributed by atoms with van der Waals surface area (Å²) in [4.78, 5) is 11.0. The monoisotopic (exact) mass is 516 g/mol. The molecule has 0 N–H and O–H groups in total. The van der Waals surface area contributed by atoms with E-state index in [2.05, 4.69) is 57.7 Å². The van der Waals surface area contributed by atoms with Crippen LogP contribution in [0.5, 0.6) is 0 Å². The van der Waals surface area contributed by atoms with Gasteiger partial charge in [-0.25, -0.2) is 9.97 Å². The highest BCUT2D eigenvalue weighted by Crippen LogP contribution is 2.62. The Morgan fingerprint density at radius 3 is 1.21 bits per heavy atom. The van der Waals surface area contributed by atoms with Crippen molar-refractivity contribution >= 4 is 22.1 Å². The number of fused-ring (bicyclic) bond motifs is 2. The smallest absolute Gasteiger partial charge is 0.117 e. The van der Waals surface area contributed by atoms with E-state index in [-0.39, 0.29) is 10.8 Å². The first kappa shape index (κ1) is 22.1. The van der Waals surface area contributed by atoms with Crippen molar-refractivity contribution in [1.82, 2.24) is 19.1 Å². The van der Waals surface area contributed by atoms with Crippen LogP contribution in [0.3, 0.4) is 0 Å². The molecule has 4 nitrogen and oxygen atoms in total. The number of hydrogen-bond donors (Lipinski definition) is 0. The van der Waals surface area contributed by atoms with E-state index in [0.29, 0.717) is 0 Å². The quantitative estimate of drug-likeness (QED) is 0.277. The van der Waals surface area contributed by atoms with Crippen LogP contribution in [0, 0.1) is 35.5 Å². The normalized spacial score (nSPS) is 39.9. The number of para-hydroxylation sites is 4. The van der Waals surface area contributed by atoms with Crippen LogP contribution in [0.4, 0.5) is 0 Å². The Morgan fingerprint density at radius 2 is 0.846 bits per heavy atom. The Balaban J connectivity index is 1.16. The number of rotatable bonds is 4. The third-order valence-corrected chi connectivity index (χ3v) is 12.6. The highest BCUT2D eigenvalue weighted by molar-refractivity contribution is 5.78. The van der Waals surface area contributed by atoms with E-state index in [1.807, 2.05) is 0 Å². The van der Waals surface area contributed by atoms with Crippen LogP contribution in [-0.2, 0) is 17.5 Å². The lowest BCUT2D eigenvalue weighted by molar-refractivity contribution is -0.0128. The van der Waals surface area contributed by atoms with Gasteiger partial charge in [0, 0.05) is 10.8 Å². The van der Waals surface area contributed by atoms with Crippen LogP contribution in [0.2, 0.25) is 0 Å². The summed E-state index contributed by atoms with van der Waals surface area (Å²) >= 11 is 0. The fourth-order valence-corrected chi connectivity index (χ4v) is 12.2. The second-order valence-electron chi connectivity index (χ2n) is 15.2. The van der Waals surface area contributed by atoms with Crippen molar-refractivity contribution in [3.8, 4) is 0 Å². The van der Waals surface area contributed by atoms with Gasteiger partial charge in [0.05, 0.1) is 22.1 Å². The van der Waals surface area contributed by atoms with Gasteiger partial charge in [-0.3, -0.25) is 0 Å². The second-order valence-corrected chi connectivity index (χ2v) is 15.2. The maximum Gasteiger partial charge on any atom is 0.117 e. The minimum Gasteiger partial charge on any atom is -0.309 e. The van der Waals surface area contributed by atoms with Gasteiger partial charge < -0.3 is 9.13 Å². The van der Waals surface area contributed by atoms with Crippen LogP contribution < -0.4 is 0 Å². The molecular weight excluding hydrogens is 476 g/mol. The number of benzene rings is 2. The molecular formula is C35H40N4. The molecule has 2 aromatic carbocycles. The van der Waals surface area contributed by atoms with Gasteiger partial charge in [-0.1, -0.05) is 24.3 Å². The SMILES string of the molecule is c1ccc2c(c1)nc(C13CC4CC(CC(C4)C1)C3)n2Cn1c(C23CC4CC(CC(C4)C2)C3)nc2ccccc21. The summed E-state index contributed by atoms with van der Waals surface area (Å²) < 4.78 is 5.33. The molecule has 0 aliphatic heterocycles. The molecule has 39 heavy (non-hydrogen) atoms. The topological polar surface area (TPSA) is 35.6 Å².